The number of benzene rings is 1. The monoisotopic (exact) mass is 252 g/mol. The van der Waals surface area contributed by atoms with Gasteiger partial charge < -0.3 is 4.74 Å². The highest BCUT2D eigenvalue weighted by Crippen LogP contribution is 2.20. The van der Waals surface area contributed by atoms with Crippen LogP contribution in [0.1, 0.15) is 12.8 Å². The fourth-order valence-corrected chi connectivity index (χ4v) is 2.27. The zero-order valence-electron chi connectivity index (χ0n) is 9.32. The smallest absolute Gasteiger partial charge is 0.207 e. The molecule has 2 nitrogen and oxygen atoms in total. The molecule has 0 N–H and O–H groups in total. The molecule has 1 aromatic rings. The lowest BCUT2D eigenvalue weighted by atomic mass is 10.2. The van der Waals surface area contributed by atoms with Gasteiger partial charge in [0.25, 0.3) is 0 Å². The molecule has 0 radical (unpaired) electrons. The van der Waals surface area contributed by atoms with Gasteiger partial charge in [0.1, 0.15) is 5.82 Å². The molecule has 2 rings (SSSR count). The Hall–Kier alpha value is -1.29. The molecule has 0 aromatic heterocycles. The Morgan fingerprint density at radius 2 is 2.12 bits per heavy atom. The minimum atomic E-state index is -0.265. The van der Waals surface area contributed by atoms with Gasteiger partial charge in [-0.1, -0.05) is 0 Å². The first-order valence-electron chi connectivity index (χ1n) is 5.50. The highest BCUT2D eigenvalue weighted by Gasteiger charge is 2.13. The van der Waals surface area contributed by atoms with Gasteiger partial charge in [-0.05, 0) is 43.2 Å². The average Bonchev–Trinajstić information content (AvgIpc) is 2.39. The van der Waals surface area contributed by atoms with E-state index in [4.69, 9.17) is 4.74 Å². The van der Waals surface area contributed by atoms with E-state index in [9.17, 15) is 9.18 Å². The maximum Gasteiger partial charge on any atom is 0.207 e. The van der Waals surface area contributed by atoms with Crippen molar-refractivity contribution in [1.82, 2.24) is 0 Å². The minimum absolute atomic E-state index is 0.000903. The molecule has 0 unspecified atom stereocenters. The molecule has 0 amide bonds. The van der Waals surface area contributed by atoms with Gasteiger partial charge in [0.05, 0.1) is 12.4 Å². The van der Waals surface area contributed by atoms with Gasteiger partial charge in [-0.25, -0.2) is 4.39 Å². The molecule has 90 valence electrons. The predicted octanol–water partition coefficient (Wildman–Crippen LogP) is 3.18. The number of carbonyl (C=O) groups excluding carboxylic acids is 1. The number of ether oxygens (including phenoxy) is 1. The number of carbonyl (C=O) groups is 1. The summed E-state index contributed by atoms with van der Waals surface area (Å²) in [4.78, 5) is 12.6. The molecule has 0 saturated heterocycles. The highest BCUT2D eigenvalue weighted by atomic mass is 32.2. The Morgan fingerprint density at radius 1 is 1.35 bits per heavy atom. The van der Waals surface area contributed by atoms with Crippen LogP contribution in [0, 0.1) is 5.82 Å². The Bertz CT molecular complexity index is 426. The molecule has 17 heavy (non-hydrogen) atoms. The summed E-state index contributed by atoms with van der Waals surface area (Å²) in [6, 6.07) is 6.12. The van der Waals surface area contributed by atoms with E-state index in [-0.39, 0.29) is 11.6 Å². The Labute approximate surface area is 104 Å². The molecule has 1 aliphatic rings. The number of hydrogen-bond donors (Lipinski definition) is 0. The summed E-state index contributed by atoms with van der Waals surface area (Å²) < 4.78 is 18.0. The molecule has 0 spiro atoms. The molecule has 0 fully saturated rings. The van der Waals surface area contributed by atoms with Crippen molar-refractivity contribution in [3.63, 3.8) is 0 Å². The highest BCUT2D eigenvalue weighted by molar-refractivity contribution is 8.00. The molecular formula is C13H13FO2S. The molecule has 0 atom stereocenters. The first-order chi connectivity index (χ1) is 8.25. The topological polar surface area (TPSA) is 26.3 Å². The number of ketones is 1. The molecule has 1 aliphatic heterocycles. The lowest BCUT2D eigenvalue weighted by Gasteiger charge is -2.13. The second-order valence-electron chi connectivity index (χ2n) is 3.72. The molecule has 1 heterocycles. The third-order valence-corrected chi connectivity index (χ3v) is 3.41. The maximum atomic E-state index is 12.7. The predicted molar refractivity (Wildman–Crippen MR) is 65.4 cm³/mol. The van der Waals surface area contributed by atoms with Crippen LogP contribution >= 0.6 is 11.8 Å². The summed E-state index contributed by atoms with van der Waals surface area (Å²) >= 11 is 1.39. The zero-order chi connectivity index (χ0) is 12.1. The summed E-state index contributed by atoms with van der Waals surface area (Å²) in [6.07, 6.45) is 3.72. The molecule has 0 aliphatic carbocycles. The molecule has 4 heteroatoms. The van der Waals surface area contributed by atoms with Crippen LogP contribution in [0.4, 0.5) is 4.39 Å². The summed E-state index contributed by atoms with van der Waals surface area (Å²) in [5, 5.41) is 0. The van der Waals surface area contributed by atoms with Crippen LogP contribution in [0.25, 0.3) is 0 Å². The van der Waals surface area contributed by atoms with Crippen molar-refractivity contribution in [1.29, 1.82) is 0 Å². The lowest BCUT2D eigenvalue weighted by molar-refractivity contribution is -0.116. The number of hydrogen-bond acceptors (Lipinski definition) is 3. The summed E-state index contributed by atoms with van der Waals surface area (Å²) in [5.41, 5.74) is 0. The van der Waals surface area contributed by atoms with Crippen LogP contribution in [0.15, 0.2) is 41.0 Å². The van der Waals surface area contributed by atoms with E-state index in [0.29, 0.717) is 18.1 Å². The second kappa shape index (κ2) is 5.87. The third-order valence-electron chi connectivity index (χ3n) is 2.39. The number of Topliss-reactive ketones (excluding diaryl/α,β-unsaturated/α-hetero) is 1. The average molecular weight is 252 g/mol. The lowest BCUT2D eigenvalue weighted by Crippen LogP contribution is -2.12. The first kappa shape index (κ1) is 12.2. The van der Waals surface area contributed by atoms with Crippen molar-refractivity contribution in [2.45, 2.75) is 17.7 Å². The van der Waals surface area contributed by atoms with Gasteiger partial charge >= 0.3 is 0 Å². The van der Waals surface area contributed by atoms with Crippen molar-refractivity contribution in [2.75, 3.05) is 12.4 Å². The van der Waals surface area contributed by atoms with Crippen molar-refractivity contribution in [2.24, 2.45) is 0 Å². The zero-order valence-corrected chi connectivity index (χ0v) is 10.1. The molecular weight excluding hydrogens is 239 g/mol. The fraction of sp³-hybridized carbons (Fsp3) is 0.308. The van der Waals surface area contributed by atoms with E-state index >= 15 is 0 Å². The first-order valence-corrected chi connectivity index (χ1v) is 6.49. The van der Waals surface area contributed by atoms with Gasteiger partial charge in [-0.3, -0.25) is 4.79 Å². The number of thioether (sulfide) groups is 1. The fourth-order valence-electron chi connectivity index (χ4n) is 1.50. The van der Waals surface area contributed by atoms with E-state index in [1.54, 1.807) is 12.1 Å². The minimum Gasteiger partial charge on any atom is -0.490 e. The van der Waals surface area contributed by atoms with Gasteiger partial charge in [-0.2, -0.15) is 0 Å². The number of rotatable bonds is 4. The number of allylic oxidation sites excluding steroid dienone is 2. The van der Waals surface area contributed by atoms with Crippen LogP contribution < -0.4 is 0 Å². The van der Waals surface area contributed by atoms with Crippen molar-refractivity contribution in [3.8, 4) is 0 Å². The van der Waals surface area contributed by atoms with Gasteiger partial charge in [0.2, 0.25) is 5.78 Å². The van der Waals surface area contributed by atoms with Crippen molar-refractivity contribution in [3.05, 3.63) is 41.9 Å². The number of halogens is 1. The molecule has 0 bridgehead atoms. The van der Waals surface area contributed by atoms with Crippen LogP contribution in [0.3, 0.4) is 0 Å². The second-order valence-corrected chi connectivity index (χ2v) is 4.77. The third kappa shape index (κ3) is 3.60. The van der Waals surface area contributed by atoms with Gasteiger partial charge in [0.15, 0.2) is 5.76 Å². The van der Waals surface area contributed by atoms with Crippen LogP contribution in [-0.2, 0) is 9.53 Å². The van der Waals surface area contributed by atoms with Crippen molar-refractivity contribution >= 4 is 17.5 Å². The van der Waals surface area contributed by atoms with E-state index in [1.807, 2.05) is 6.08 Å². The molecule has 0 saturated carbocycles. The van der Waals surface area contributed by atoms with E-state index in [1.165, 1.54) is 23.9 Å². The van der Waals surface area contributed by atoms with Gasteiger partial charge in [0, 0.05) is 4.90 Å². The summed E-state index contributed by atoms with van der Waals surface area (Å²) in [5.74, 6) is 0.543. The van der Waals surface area contributed by atoms with E-state index < -0.39 is 0 Å². The normalized spacial score (nSPS) is 15.0. The quantitative estimate of drug-likeness (QED) is 0.770. The van der Waals surface area contributed by atoms with Crippen molar-refractivity contribution < 1.29 is 13.9 Å². The molecule has 1 aromatic carbocycles. The standard InChI is InChI=1S/C13H13FO2S/c14-10-4-6-11(7-5-10)17-9-12(15)13-3-1-2-8-16-13/h3-7H,1-2,8-9H2. The summed E-state index contributed by atoms with van der Waals surface area (Å²) in [6.45, 7) is 0.624. The van der Waals surface area contributed by atoms with E-state index in [2.05, 4.69) is 0 Å². The summed E-state index contributed by atoms with van der Waals surface area (Å²) in [7, 11) is 0. The Kier molecular flexibility index (Phi) is 4.20. The largest absolute Gasteiger partial charge is 0.490 e. The van der Waals surface area contributed by atoms with Crippen LogP contribution in [0.5, 0.6) is 0 Å². The Balaban J connectivity index is 1.87. The van der Waals surface area contributed by atoms with Crippen LogP contribution in [0.2, 0.25) is 0 Å². The Morgan fingerprint density at radius 3 is 2.76 bits per heavy atom. The maximum absolute atomic E-state index is 12.7. The van der Waals surface area contributed by atoms with Gasteiger partial charge in [-0.15, -0.1) is 11.8 Å². The van der Waals surface area contributed by atoms with Crippen LogP contribution in [-0.4, -0.2) is 18.1 Å². The SMILES string of the molecule is O=C(CSc1ccc(F)cc1)C1=CCCCO1. The van der Waals surface area contributed by atoms with E-state index in [0.717, 1.165) is 17.7 Å².